The maximum Gasteiger partial charge on any atom is 0.177 e. The van der Waals surface area contributed by atoms with E-state index in [-0.39, 0.29) is 5.78 Å². The number of benzene rings is 1. The van der Waals surface area contributed by atoms with Crippen LogP contribution in [0.15, 0.2) is 29.6 Å². The third kappa shape index (κ3) is 3.56. The molecule has 0 atom stereocenters. The van der Waals surface area contributed by atoms with Gasteiger partial charge in [0.25, 0.3) is 0 Å². The fourth-order valence-corrected chi connectivity index (χ4v) is 3.45. The number of likely N-dealkylation sites (N-methyl/N-ethyl adjacent to an activating group) is 1. The first kappa shape index (κ1) is 14.9. The van der Waals surface area contributed by atoms with E-state index in [2.05, 4.69) is 35.4 Å². The molecule has 0 aliphatic carbocycles. The van der Waals surface area contributed by atoms with Crippen molar-refractivity contribution < 1.29 is 4.79 Å². The molecule has 0 bridgehead atoms. The van der Waals surface area contributed by atoms with E-state index in [4.69, 9.17) is 0 Å². The molecule has 0 N–H and O–H groups in total. The molecular weight excluding hydrogens is 266 g/mol. The molecule has 3 heteroatoms. The Kier molecular flexibility index (Phi) is 4.73. The van der Waals surface area contributed by atoms with Crippen LogP contribution in [0.2, 0.25) is 0 Å². The molecule has 0 aliphatic heterocycles. The number of ketones is 1. The maximum atomic E-state index is 12.5. The number of carbonyl (C=O) groups excluding carboxylic acids is 1. The SMILES string of the molecule is Cc1cc(C)c(C(=O)CN(C)Cc2cccs2)c(C)c1. The number of hydrogen-bond acceptors (Lipinski definition) is 3. The summed E-state index contributed by atoms with van der Waals surface area (Å²) in [4.78, 5) is 15.9. The Morgan fingerprint density at radius 1 is 1.20 bits per heavy atom. The quantitative estimate of drug-likeness (QED) is 0.775. The molecule has 1 heterocycles. The average molecular weight is 287 g/mol. The highest BCUT2D eigenvalue weighted by Gasteiger charge is 2.15. The summed E-state index contributed by atoms with van der Waals surface area (Å²) in [6, 6.07) is 8.32. The van der Waals surface area contributed by atoms with Gasteiger partial charge in [-0.05, 0) is 50.4 Å². The Hall–Kier alpha value is -1.45. The van der Waals surface area contributed by atoms with Gasteiger partial charge in [-0.3, -0.25) is 9.69 Å². The Balaban J connectivity index is 2.08. The van der Waals surface area contributed by atoms with Crippen LogP contribution in [0.5, 0.6) is 0 Å². The normalized spacial score (nSPS) is 11.1. The topological polar surface area (TPSA) is 20.3 Å². The highest BCUT2D eigenvalue weighted by Crippen LogP contribution is 2.18. The smallest absolute Gasteiger partial charge is 0.177 e. The number of hydrogen-bond donors (Lipinski definition) is 0. The van der Waals surface area contributed by atoms with E-state index < -0.39 is 0 Å². The minimum absolute atomic E-state index is 0.207. The van der Waals surface area contributed by atoms with Crippen LogP contribution < -0.4 is 0 Å². The van der Waals surface area contributed by atoms with Crippen LogP contribution in [-0.2, 0) is 6.54 Å². The second-order valence-electron chi connectivity index (χ2n) is 5.45. The van der Waals surface area contributed by atoms with Gasteiger partial charge in [0.05, 0.1) is 6.54 Å². The second kappa shape index (κ2) is 6.33. The van der Waals surface area contributed by atoms with E-state index >= 15 is 0 Å². The van der Waals surface area contributed by atoms with E-state index in [1.807, 2.05) is 27.0 Å². The molecule has 2 aromatic rings. The third-order valence-electron chi connectivity index (χ3n) is 3.38. The molecule has 1 aromatic heterocycles. The summed E-state index contributed by atoms with van der Waals surface area (Å²) in [6.07, 6.45) is 0. The van der Waals surface area contributed by atoms with Gasteiger partial charge in [0, 0.05) is 17.0 Å². The zero-order valence-corrected chi connectivity index (χ0v) is 13.4. The highest BCUT2D eigenvalue weighted by atomic mass is 32.1. The predicted molar refractivity (Wildman–Crippen MR) is 85.6 cm³/mol. The zero-order valence-electron chi connectivity index (χ0n) is 12.6. The molecule has 0 saturated carbocycles. The Morgan fingerprint density at radius 3 is 2.40 bits per heavy atom. The highest BCUT2D eigenvalue weighted by molar-refractivity contribution is 7.09. The molecule has 20 heavy (non-hydrogen) atoms. The Morgan fingerprint density at radius 2 is 1.85 bits per heavy atom. The molecular formula is C17H21NOS. The summed E-state index contributed by atoms with van der Waals surface area (Å²) in [6.45, 7) is 7.40. The molecule has 0 fully saturated rings. The fourth-order valence-electron chi connectivity index (χ4n) is 2.67. The van der Waals surface area contributed by atoms with Crippen LogP contribution in [0.1, 0.15) is 31.9 Å². The predicted octanol–water partition coefficient (Wildman–Crippen LogP) is 3.99. The van der Waals surface area contributed by atoms with Gasteiger partial charge in [-0.15, -0.1) is 11.3 Å². The minimum Gasteiger partial charge on any atom is -0.294 e. The van der Waals surface area contributed by atoms with Crippen LogP contribution >= 0.6 is 11.3 Å². The van der Waals surface area contributed by atoms with Crippen LogP contribution in [0, 0.1) is 20.8 Å². The number of aryl methyl sites for hydroxylation is 3. The summed E-state index contributed by atoms with van der Waals surface area (Å²) in [7, 11) is 2.00. The largest absolute Gasteiger partial charge is 0.294 e. The minimum atomic E-state index is 0.207. The molecule has 0 aliphatic rings. The Bertz CT molecular complexity index is 578. The van der Waals surface area contributed by atoms with Gasteiger partial charge < -0.3 is 0 Å². The maximum absolute atomic E-state index is 12.5. The second-order valence-corrected chi connectivity index (χ2v) is 6.48. The zero-order chi connectivity index (χ0) is 14.7. The van der Waals surface area contributed by atoms with Crippen molar-refractivity contribution in [1.82, 2.24) is 4.90 Å². The summed E-state index contributed by atoms with van der Waals surface area (Å²) < 4.78 is 0. The van der Waals surface area contributed by atoms with Crippen molar-refractivity contribution in [3.05, 3.63) is 56.8 Å². The number of nitrogens with zero attached hydrogens (tertiary/aromatic N) is 1. The monoisotopic (exact) mass is 287 g/mol. The van der Waals surface area contributed by atoms with Crippen molar-refractivity contribution in [2.45, 2.75) is 27.3 Å². The van der Waals surface area contributed by atoms with Gasteiger partial charge >= 0.3 is 0 Å². The first-order valence-corrected chi connectivity index (χ1v) is 7.67. The molecule has 2 rings (SSSR count). The van der Waals surface area contributed by atoms with Crippen LogP contribution in [-0.4, -0.2) is 24.3 Å². The number of carbonyl (C=O) groups is 1. The van der Waals surface area contributed by atoms with Crippen LogP contribution in [0.4, 0.5) is 0 Å². The summed E-state index contributed by atoms with van der Waals surface area (Å²) in [5.41, 5.74) is 4.26. The summed E-state index contributed by atoms with van der Waals surface area (Å²) in [5.74, 6) is 0.207. The lowest BCUT2D eigenvalue weighted by molar-refractivity contribution is 0.0942. The van der Waals surface area contributed by atoms with Crippen molar-refractivity contribution in [3.8, 4) is 0 Å². The van der Waals surface area contributed by atoms with Crippen LogP contribution in [0.3, 0.4) is 0 Å². The summed E-state index contributed by atoms with van der Waals surface area (Å²) >= 11 is 1.73. The molecule has 0 unspecified atom stereocenters. The van der Waals surface area contributed by atoms with Crippen molar-refractivity contribution in [3.63, 3.8) is 0 Å². The molecule has 1 aromatic carbocycles. The average Bonchev–Trinajstić information content (AvgIpc) is 2.79. The molecule has 2 nitrogen and oxygen atoms in total. The van der Waals surface area contributed by atoms with E-state index in [0.717, 1.165) is 23.2 Å². The van der Waals surface area contributed by atoms with Gasteiger partial charge in [0.1, 0.15) is 0 Å². The van der Waals surface area contributed by atoms with E-state index in [0.29, 0.717) is 6.54 Å². The standard InChI is InChI=1S/C17H21NOS/c1-12-8-13(2)17(14(3)9-12)16(19)11-18(4)10-15-6-5-7-20-15/h5-9H,10-11H2,1-4H3. The van der Waals surface area contributed by atoms with Gasteiger partial charge in [0.2, 0.25) is 0 Å². The van der Waals surface area contributed by atoms with Crippen LogP contribution in [0.25, 0.3) is 0 Å². The van der Waals surface area contributed by atoms with Crippen molar-refractivity contribution in [2.24, 2.45) is 0 Å². The summed E-state index contributed by atoms with van der Waals surface area (Å²) in [5, 5.41) is 2.07. The fraction of sp³-hybridized carbons (Fsp3) is 0.353. The first-order chi connectivity index (χ1) is 9.47. The molecule has 0 spiro atoms. The third-order valence-corrected chi connectivity index (χ3v) is 4.24. The van der Waals surface area contributed by atoms with Crippen molar-refractivity contribution in [2.75, 3.05) is 13.6 Å². The number of rotatable bonds is 5. The van der Waals surface area contributed by atoms with Gasteiger partial charge in [-0.2, -0.15) is 0 Å². The molecule has 0 amide bonds. The van der Waals surface area contributed by atoms with E-state index in [1.54, 1.807) is 11.3 Å². The lowest BCUT2D eigenvalue weighted by Crippen LogP contribution is -2.26. The Labute approximate surface area is 125 Å². The van der Waals surface area contributed by atoms with E-state index in [9.17, 15) is 4.79 Å². The number of Topliss-reactive ketones (excluding diaryl/α,β-unsaturated/α-hetero) is 1. The van der Waals surface area contributed by atoms with Gasteiger partial charge in [0.15, 0.2) is 5.78 Å². The van der Waals surface area contributed by atoms with Gasteiger partial charge in [-0.25, -0.2) is 0 Å². The lowest BCUT2D eigenvalue weighted by atomic mass is 9.96. The lowest BCUT2D eigenvalue weighted by Gasteiger charge is -2.17. The molecule has 0 radical (unpaired) electrons. The molecule has 0 saturated heterocycles. The van der Waals surface area contributed by atoms with Gasteiger partial charge in [-0.1, -0.05) is 23.8 Å². The first-order valence-electron chi connectivity index (χ1n) is 6.79. The number of thiophene rings is 1. The van der Waals surface area contributed by atoms with Crippen molar-refractivity contribution >= 4 is 17.1 Å². The van der Waals surface area contributed by atoms with Crippen molar-refractivity contribution in [1.29, 1.82) is 0 Å². The molecule has 106 valence electrons. The van der Waals surface area contributed by atoms with E-state index in [1.165, 1.54) is 10.4 Å².